The lowest BCUT2D eigenvalue weighted by molar-refractivity contribution is -0.0372. The van der Waals surface area contributed by atoms with Gasteiger partial charge in [-0.25, -0.2) is 0 Å². The second-order valence-corrected chi connectivity index (χ2v) is 9.37. The Morgan fingerprint density at radius 1 is 1.38 bits per heavy atom. The molecule has 2 aliphatic rings. The van der Waals surface area contributed by atoms with Crippen LogP contribution < -0.4 is 5.32 Å². The van der Waals surface area contributed by atoms with E-state index < -0.39 is 0 Å². The molecule has 4 nitrogen and oxygen atoms in total. The van der Waals surface area contributed by atoms with Gasteiger partial charge < -0.3 is 20.1 Å². The van der Waals surface area contributed by atoms with Crippen molar-refractivity contribution in [3.63, 3.8) is 0 Å². The Kier molecular flexibility index (Phi) is 8.23. The molecular formula is C28H38N2O2. The van der Waals surface area contributed by atoms with Crippen molar-refractivity contribution in [1.29, 1.82) is 0 Å². The first-order valence-electron chi connectivity index (χ1n) is 11.8. The lowest BCUT2D eigenvalue weighted by atomic mass is 9.82. The van der Waals surface area contributed by atoms with Crippen LogP contribution in [-0.2, 0) is 4.74 Å². The first-order chi connectivity index (χ1) is 15.3. The van der Waals surface area contributed by atoms with E-state index in [0.717, 1.165) is 75.3 Å². The van der Waals surface area contributed by atoms with Crippen LogP contribution in [0.3, 0.4) is 0 Å². The Labute approximate surface area is 194 Å². The Hall–Kier alpha value is -2.48. The summed E-state index contributed by atoms with van der Waals surface area (Å²) in [6.07, 6.45) is 14.2. The minimum Gasteiger partial charge on any atom is -0.393 e. The molecule has 1 aromatic rings. The Morgan fingerprint density at radius 3 is 2.78 bits per heavy atom. The summed E-state index contributed by atoms with van der Waals surface area (Å²) < 4.78 is 6.39. The molecule has 4 heteroatoms. The number of hydrogen-bond acceptors (Lipinski definition) is 4. The van der Waals surface area contributed by atoms with Crippen LogP contribution in [0.4, 0.5) is 0 Å². The van der Waals surface area contributed by atoms with Crippen LogP contribution in [-0.4, -0.2) is 48.0 Å². The number of benzene rings is 1. The Bertz CT molecular complexity index is 885. The summed E-state index contributed by atoms with van der Waals surface area (Å²) in [4.78, 5) is 2.34. The largest absolute Gasteiger partial charge is 0.393 e. The summed E-state index contributed by atoms with van der Waals surface area (Å²) >= 11 is 0. The number of ether oxygens (including phenoxy) is 1. The highest BCUT2D eigenvalue weighted by Gasteiger charge is 2.43. The Morgan fingerprint density at radius 2 is 2.12 bits per heavy atom. The predicted octanol–water partition coefficient (Wildman–Crippen LogP) is 4.65. The van der Waals surface area contributed by atoms with Crippen molar-refractivity contribution in [2.24, 2.45) is 0 Å². The molecule has 0 bridgehead atoms. The molecule has 0 radical (unpaired) electrons. The van der Waals surface area contributed by atoms with Crippen molar-refractivity contribution in [3.05, 3.63) is 71.6 Å². The summed E-state index contributed by atoms with van der Waals surface area (Å²) in [7, 11) is 0. The number of nitrogens with zero attached hydrogens (tertiary/aromatic N) is 1. The van der Waals surface area contributed by atoms with Gasteiger partial charge in [-0.2, -0.15) is 0 Å². The summed E-state index contributed by atoms with van der Waals surface area (Å²) in [6, 6.07) is 6.46. The molecule has 0 saturated carbocycles. The number of aliphatic hydroxyl groups is 1. The van der Waals surface area contributed by atoms with Crippen LogP contribution in [0.15, 0.2) is 54.9 Å². The Balaban J connectivity index is 1.45. The number of aryl methyl sites for hydroxylation is 1. The average molecular weight is 435 g/mol. The maximum Gasteiger partial charge on any atom is 0.0723 e. The van der Waals surface area contributed by atoms with E-state index in [1.165, 1.54) is 11.1 Å². The highest BCUT2D eigenvalue weighted by Crippen LogP contribution is 2.43. The molecule has 2 saturated heterocycles. The van der Waals surface area contributed by atoms with Gasteiger partial charge in [0.2, 0.25) is 0 Å². The van der Waals surface area contributed by atoms with Crippen molar-refractivity contribution in [1.82, 2.24) is 10.2 Å². The predicted molar refractivity (Wildman–Crippen MR) is 132 cm³/mol. The number of likely N-dealkylation sites (tertiary alicyclic amines) is 1. The quantitative estimate of drug-likeness (QED) is 0.337. The van der Waals surface area contributed by atoms with Crippen LogP contribution in [0.1, 0.15) is 61.6 Å². The molecule has 1 aromatic carbocycles. The maximum absolute atomic E-state index is 9.32. The number of piperidine rings is 1. The van der Waals surface area contributed by atoms with E-state index in [0.29, 0.717) is 5.92 Å². The first-order valence-corrected chi connectivity index (χ1v) is 11.8. The van der Waals surface area contributed by atoms with Gasteiger partial charge in [0, 0.05) is 42.5 Å². The molecule has 2 N–H and O–H groups in total. The molecule has 0 amide bonds. The summed E-state index contributed by atoms with van der Waals surface area (Å²) in [5.41, 5.74) is 5.36. The number of allylic oxidation sites excluding steroid dienone is 2. The van der Waals surface area contributed by atoms with Gasteiger partial charge in [0.1, 0.15) is 0 Å². The maximum atomic E-state index is 9.32. The van der Waals surface area contributed by atoms with E-state index in [4.69, 9.17) is 11.2 Å². The topological polar surface area (TPSA) is 44.7 Å². The van der Waals surface area contributed by atoms with Gasteiger partial charge in [-0.3, -0.25) is 0 Å². The van der Waals surface area contributed by atoms with E-state index >= 15 is 0 Å². The normalized spacial score (nSPS) is 20.9. The van der Waals surface area contributed by atoms with Crippen molar-refractivity contribution in [2.75, 3.05) is 26.2 Å². The fourth-order valence-corrected chi connectivity index (χ4v) is 4.72. The highest BCUT2D eigenvalue weighted by atomic mass is 16.5. The van der Waals surface area contributed by atoms with Crippen LogP contribution in [0.25, 0.3) is 0 Å². The fraction of sp³-hybridized carbons (Fsp3) is 0.500. The van der Waals surface area contributed by atoms with Crippen LogP contribution in [0.5, 0.6) is 0 Å². The van der Waals surface area contributed by atoms with Crippen molar-refractivity contribution < 1.29 is 9.84 Å². The molecule has 2 unspecified atom stereocenters. The zero-order valence-corrected chi connectivity index (χ0v) is 19.7. The number of nitrogens with one attached hydrogen (secondary N) is 1. The standard InChI is InChI=1S/C28H38N2O2/c1-6-25-11-12-26(18-21(25)2)27-19-28(32-20-27)13-16-30(17-14-28)23(4)10-9-22(3)29-15-7-8-24(5)31/h1,9-12,18,24,27,29,31H,3-4,7-8,13-17,19-20H2,2,5H3/b10-9-. The molecule has 2 atom stereocenters. The second-order valence-electron chi connectivity index (χ2n) is 9.37. The smallest absolute Gasteiger partial charge is 0.0723 e. The van der Waals surface area contributed by atoms with Crippen LogP contribution in [0.2, 0.25) is 0 Å². The molecule has 2 fully saturated rings. The molecule has 1 spiro atoms. The number of terminal acetylenes is 1. The first kappa shape index (κ1) is 24.2. The summed E-state index contributed by atoms with van der Waals surface area (Å²) in [5.74, 6) is 3.19. The van der Waals surface area contributed by atoms with Gasteiger partial charge in [0.25, 0.3) is 0 Å². The van der Waals surface area contributed by atoms with Gasteiger partial charge in [-0.15, -0.1) is 6.42 Å². The van der Waals surface area contributed by atoms with Crippen molar-refractivity contribution in [3.8, 4) is 12.3 Å². The molecule has 32 heavy (non-hydrogen) atoms. The minimum absolute atomic E-state index is 0.0150. The zero-order chi connectivity index (χ0) is 23.1. The number of rotatable bonds is 9. The molecule has 0 aliphatic carbocycles. The molecule has 3 rings (SSSR count). The van der Waals surface area contributed by atoms with Gasteiger partial charge >= 0.3 is 0 Å². The highest BCUT2D eigenvalue weighted by molar-refractivity contribution is 5.42. The van der Waals surface area contributed by atoms with Crippen molar-refractivity contribution in [2.45, 2.75) is 63.6 Å². The average Bonchev–Trinajstić information content (AvgIpc) is 3.19. The third-order valence-corrected chi connectivity index (χ3v) is 6.79. The molecular weight excluding hydrogens is 396 g/mol. The molecule has 2 aliphatic heterocycles. The van der Waals surface area contributed by atoms with Gasteiger partial charge in [0.15, 0.2) is 0 Å². The molecule has 2 heterocycles. The summed E-state index contributed by atoms with van der Waals surface area (Å²) in [5, 5.41) is 12.6. The lowest BCUT2D eigenvalue weighted by Gasteiger charge is -2.40. The van der Waals surface area contributed by atoms with E-state index in [1.54, 1.807) is 0 Å². The number of hydrogen-bond donors (Lipinski definition) is 2. The fourth-order valence-electron chi connectivity index (χ4n) is 4.72. The minimum atomic E-state index is -0.250. The van der Waals surface area contributed by atoms with E-state index in [9.17, 15) is 5.11 Å². The van der Waals surface area contributed by atoms with Crippen LogP contribution >= 0.6 is 0 Å². The molecule has 0 aromatic heterocycles. The third kappa shape index (κ3) is 6.28. The van der Waals surface area contributed by atoms with Gasteiger partial charge in [-0.05, 0) is 75.3 Å². The van der Waals surface area contributed by atoms with Gasteiger partial charge in [-0.1, -0.05) is 31.2 Å². The zero-order valence-electron chi connectivity index (χ0n) is 19.7. The molecule has 172 valence electrons. The van der Waals surface area contributed by atoms with Crippen LogP contribution in [0, 0.1) is 19.3 Å². The number of aliphatic hydroxyl groups excluding tert-OH is 1. The van der Waals surface area contributed by atoms with E-state index in [-0.39, 0.29) is 11.7 Å². The summed E-state index contributed by atoms with van der Waals surface area (Å²) in [6.45, 7) is 15.7. The van der Waals surface area contributed by atoms with E-state index in [2.05, 4.69) is 54.4 Å². The third-order valence-electron chi connectivity index (χ3n) is 6.79. The van der Waals surface area contributed by atoms with E-state index in [1.807, 2.05) is 19.1 Å². The SMILES string of the molecule is C#Cc1ccc(C2COC3(CCN(C(=C)/C=C\C(=C)NCCCC(C)O)CC3)C2)cc1C. The van der Waals surface area contributed by atoms with Crippen molar-refractivity contribution >= 4 is 0 Å². The monoisotopic (exact) mass is 434 g/mol. The van der Waals surface area contributed by atoms with Gasteiger partial charge in [0.05, 0.1) is 18.3 Å². The lowest BCUT2D eigenvalue weighted by Crippen LogP contribution is -2.43. The second kappa shape index (κ2) is 10.9.